The van der Waals surface area contributed by atoms with Gasteiger partial charge in [-0.25, -0.2) is 4.21 Å². The molecule has 0 saturated carbocycles. The second kappa shape index (κ2) is 6.08. The Hall–Kier alpha value is -1.61. The number of aryl methyl sites for hydroxylation is 1. The lowest BCUT2D eigenvalue weighted by Crippen LogP contribution is -2.05. The predicted molar refractivity (Wildman–Crippen MR) is 71.4 cm³/mol. The standard InChI is InChI=1S/C13H15NOS/c1-4-6-13(5-2)16(15)14-12-9-7-11(3)8-10-12/h4-10,14H,1-2H2,3H3/b13-6+. The molecule has 1 unspecified atom stereocenters. The second-order valence-corrected chi connectivity index (χ2v) is 4.46. The molecule has 1 aromatic carbocycles. The number of rotatable bonds is 5. The summed E-state index contributed by atoms with van der Waals surface area (Å²) in [7, 11) is -1.29. The van der Waals surface area contributed by atoms with Gasteiger partial charge in [-0.05, 0) is 25.1 Å². The summed E-state index contributed by atoms with van der Waals surface area (Å²) >= 11 is 0. The fourth-order valence-corrected chi connectivity index (χ4v) is 1.95. The summed E-state index contributed by atoms with van der Waals surface area (Å²) in [5, 5.41) is 0. The van der Waals surface area contributed by atoms with Crippen LogP contribution in [0.3, 0.4) is 0 Å². The molecule has 0 aromatic heterocycles. The summed E-state index contributed by atoms with van der Waals surface area (Å²) in [6, 6.07) is 7.71. The van der Waals surface area contributed by atoms with E-state index in [9.17, 15) is 4.21 Å². The molecular formula is C13H15NOS. The number of hydrogen-bond acceptors (Lipinski definition) is 1. The number of allylic oxidation sites excluding steroid dienone is 3. The van der Waals surface area contributed by atoms with E-state index >= 15 is 0 Å². The highest BCUT2D eigenvalue weighted by Gasteiger charge is 2.02. The number of nitrogens with one attached hydrogen (secondary N) is 1. The minimum atomic E-state index is -1.29. The van der Waals surface area contributed by atoms with E-state index in [1.807, 2.05) is 31.2 Å². The van der Waals surface area contributed by atoms with Gasteiger partial charge in [0, 0.05) is 5.69 Å². The Kier molecular flexibility index (Phi) is 4.73. The molecular weight excluding hydrogens is 218 g/mol. The van der Waals surface area contributed by atoms with E-state index in [0.29, 0.717) is 4.91 Å². The van der Waals surface area contributed by atoms with Gasteiger partial charge in [-0.2, -0.15) is 0 Å². The lowest BCUT2D eigenvalue weighted by molar-refractivity contribution is 0.690. The third-order valence-corrected chi connectivity index (χ3v) is 3.11. The van der Waals surface area contributed by atoms with E-state index < -0.39 is 11.0 Å². The van der Waals surface area contributed by atoms with Crippen LogP contribution in [-0.4, -0.2) is 4.21 Å². The van der Waals surface area contributed by atoms with Gasteiger partial charge in [-0.15, -0.1) is 0 Å². The lowest BCUT2D eigenvalue weighted by Gasteiger charge is -2.06. The quantitative estimate of drug-likeness (QED) is 0.777. The highest BCUT2D eigenvalue weighted by molar-refractivity contribution is 7.90. The molecule has 0 fully saturated rings. The zero-order valence-corrected chi connectivity index (χ0v) is 10.1. The van der Waals surface area contributed by atoms with E-state index in [1.54, 1.807) is 18.2 Å². The summed E-state index contributed by atoms with van der Waals surface area (Å²) in [6.07, 6.45) is 4.81. The summed E-state index contributed by atoms with van der Waals surface area (Å²) in [5.74, 6) is 0. The van der Waals surface area contributed by atoms with Crippen LogP contribution >= 0.6 is 0 Å². The maximum absolute atomic E-state index is 11.8. The largest absolute Gasteiger partial charge is 0.301 e. The zero-order chi connectivity index (χ0) is 12.0. The fourth-order valence-electron chi connectivity index (χ4n) is 1.11. The van der Waals surface area contributed by atoms with Crippen molar-refractivity contribution in [3.8, 4) is 0 Å². The topological polar surface area (TPSA) is 29.1 Å². The molecule has 3 heteroatoms. The van der Waals surface area contributed by atoms with Crippen molar-refractivity contribution in [3.63, 3.8) is 0 Å². The predicted octanol–water partition coefficient (Wildman–Crippen LogP) is 3.33. The molecule has 0 heterocycles. The number of benzene rings is 1. The average Bonchev–Trinajstić information content (AvgIpc) is 2.29. The van der Waals surface area contributed by atoms with Crippen LogP contribution in [0.15, 0.2) is 60.6 Å². The van der Waals surface area contributed by atoms with Crippen LogP contribution in [0.2, 0.25) is 0 Å². The van der Waals surface area contributed by atoms with E-state index in [4.69, 9.17) is 0 Å². The number of anilines is 1. The van der Waals surface area contributed by atoms with Crippen molar-refractivity contribution in [1.29, 1.82) is 0 Å². The average molecular weight is 233 g/mol. The molecule has 2 nitrogen and oxygen atoms in total. The third kappa shape index (κ3) is 3.51. The van der Waals surface area contributed by atoms with E-state index in [2.05, 4.69) is 17.9 Å². The molecule has 0 amide bonds. The van der Waals surface area contributed by atoms with Crippen LogP contribution in [0.25, 0.3) is 0 Å². The van der Waals surface area contributed by atoms with Crippen molar-refractivity contribution in [2.75, 3.05) is 4.72 Å². The van der Waals surface area contributed by atoms with Gasteiger partial charge in [0.1, 0.15) is 11.0 Å². The van der Waals surface area contributed by atoms with Gasteiger partial charge >= 0.3 is 0 Å². The Bertz CT molecular complexity index is 432. The molecule has 84 valence electrons. The Balaban J connectivity index is 2.78. The van der Waals surface area contributed by atoms with Gasteiger partial charge in [0.2, 0.25) is 0 Å². The van der Waals surface area contributed by atoms with Gasteiger partial charge in [-0.3, -0.25) is 0 Å². The normalized spacial score (nSPS) is 12.9. The zero-order valence-electron chi connectivity index (χ0n) is 9.27. The Morgan fingerprint density at radius 1 is 1.31 bits per heavy atom. The van der Waals surface area contributed by atoms with Crippen molar-refractivity contribution in [2.24, 2.45) is 0 Å². The van der Waals surface area contributed by atoms with Crippen molar-refractivity contribution < 1.29 is 4.21 Å². The van der Waals surface area contributed by atoms with E-state index in [-0.39, 0.29) is 0 Å². The first kappa shape index (κ1) is 12.5. The monoisotopic (exact) mass is 233 g/mol. The van der Waals surface area contributed by atoms with Gasteiger partial charge < -0.3 is 4.72 Å². The molecule has 1 N–H and O–H groups in total. The first-order valence-corrected chi connectivity index (χ1v) is 6.02. The maximum Gasteiger partial charge on any atom is 0.150 e. The van der Waals surface area contributed by atoms with Gasteiger partial charge in [0.15, 0.2) is 0 Å². The number of hydrogen-bond donors (Lipinski definition) is 1. The molecule has 0 saturated heterocycles. The molecule has 0 radical (unpaired) electrons. The van der Waals surface area contributed by atoms with Crippen molar-refractivity contribution in [1.82, 2.24) is 0 Å². The molecule has 0 bridgehead atoms. The van der Waals surface area contributed by atoms with Crippen molar-refractivity contribution in [3.05, 3.63) is 66.1 Å². The second-order valence-electron chi connectivity index (χ2n) is 3.25. The molecule has 0 aliphatic rings. The van der Waals surface area contributed by atoms with Crippen LogP contribution in [0.1, 0.15) is 5.56 Å². The van der Waals surface area contributed by atoms with E-state index in [0.717, 1.165) is 5.69 Å². The fraction of sp³-hybridized carbons (Fsp3) is 0.0769. The van der Waals surface area contributed by atoms with Crippen LogP contribution < -0.4 is 4.72 Å². The molecule has 1 rings (SSSR count). The minimum absolute atomic E-state index is 0.607. The molecule has 16 heavy (non-hydrogen) atoms. The molecule has 0 aliphatic carbocycles. The minimum Gasteiger partial charge on any atom is -0.301 e. The molecule has 0 spiro atoms. The van der Waals surface area contributed by atoms with Crippen LogP contribution in [0.5, 0.6) is 0 Å². The van der Waals surface area contributed by atoms with Crippen molar-refractivity contribution >= 4 is 16.7 Å². The highest BCUT2D eigenvalue weighted by Crippen LogP contribution is 2.12. The molecule has 1 atom stereocenters. The Labute approximate surface area is 99.0 Å². The summed E-state index contributed by atoms with van der Waals surface area (Å²) in [5.41, 5.74) is 1.99. The van der Waals surface area contributed by atoms with E-state index in [1.165, 1.54) is 5.56 Å². The first-order valence-electron chi connectivity index (χ1n) is 4.87. The molecule has 0 aliphatic heterocycles. The van der Waals surface area contributed by atoms with Gasteiger partial charge in [-0.1, -0.05) is 43.0 Å². The van der Waals surface area contributed by atoms with Gasteiger partial charge in [0.25, 0.3) is 0 Å². The lowest BCUT2D eigenvalue weighted by atomic mass is 10.2. The smallest absolute Gasteiger partial charge is 0.150 e. The Morgan fingerprint density at radius 3 is 2.44 bits per heavy atom. The van der Waals surface area contributed by atoms with Gasteiger partial charge in [0.05, 0.1) is 4.91 Å². The van der Waals surface area contributed by atoms with Crippen molar-refractivity contribution in [2.45, 2.75) is 6.92 Å². The maximum atomic E-state index is 11.8. The van der Waals surface area contributed by atoms with Crippen LogP contribution in [-0.2, 0) is 11.0 Å². The third-order valence-electron chi connectivity index (χ3n) is 1.96. The summed E-state index contributed by atoms with van der Waals surface area (Å²) in [4.78, 5) is 0.607. The summed E-state index contributed by atoms with van der Waals surface area (Å²) < 4.78 is 14.7. The highest BCUT2D eigenvalue weighted by atomic mass is 32.2. The molecule has 1 aromatic rings. The SMILES string of the molecule is C=C/C=C(\C=C)S(=O)Nc1ccc(C)cc1. The first-order chi connectivity index (χ1) is 7.67. The van der Waals surface area contributed by atoms with Crippen LogP contribution in [0, 0.1) is 6.92 Å². The summed E-state index contributed by atoms with van der Waals surface area (Å²) in [6.45, 7) is 9.18. The van der Waals surface area contributed by atoms with Crippen LogP contribution in [0.4, 0.5) is 5.69 Å². The Morgan fingerprint density at radius 2 is 1.94 bits per heavy atom.